The van der Waals surface area contributed by atoms with E-state index in [1.807, 2.05) is 0 Å². The zero-order valence-electron chi connectivity index (χ0n) is 11.1. The quantitative estimate of drug-likeness (QED) is 0.784. The van der Waals surface area contributed by atoms with Crippen LogP contribution in [0.1, 0.15) is 33.1 Å². The summed E-state index contributed by atoms with van der Waals surface area (Å²) in [5.74, 6) is 0.324. The van der Waals surface area contributed by atoms with Crippen LogP contribution < -0.4 is 5.32 Å². The first-order chi connectivity index (χ1) is 8.16. The molecular weight excluding hydrogens is 214 g/mol. The van der Waals surface area contributed by atoms with Gasteiger partial charge >= 0.3 is 0 Å². The molecule has 0 radical (unpaired) electrons. The number of hydrogen-bond acceptors (Lipinski definition) is 3. The van der Waals surface area contributed by atoms with Gasteiger partial charge in [-0.1, -0.05) is 13.8 Å². The van der Waals surface area contributed by atoms with Crippen LogP contribution in [-0.2, 0) is 4.79 Å². The number of nitrogens with zero attached hydrogens (tertiary/aromatic N) is 2. The Hall–Kier alpha value is -0.610. The molecule has 98 valence electrons. The Morgan fingerprint density at radius 1 is 1.35 bits per heavy atom. The van der Waals surface area contributed by atoms with Crippen molar-refractivity contribution in [2.24, 2.45) is 0 Å². The summed E-state index contributed by atoms with van der Waals surface area (Å²) in [4.78, 5) is 16.6. The number of piperazine rings is 1. The van der Waals surface area contributed by atoms with Crippen LogP contribution in [0.3, 0.4) is 0 Å². The average molecular weight is 239 g/mol. The van der Waals surface area contributed by atoms with Crippen molar-refractivity contribution in [1.29, 1.82) is 0 Å². The molecule has 2 fully saturated rings. The van der Waals surface area contributed by atoms with Gasteiger partial charge in [0.05, 0.1) is 0 Å². The second-order valence-electron chi connectivity index (χ2n) is 5.53. The van der Waals surface area contributed by atoms with Gasteiger partial charge in [0.2, 0.25) is 5.91 Å². The molecule has 17 heavy (non-hydrogen) atoms. The van der Waals surface area contributed by atoms with E-state index in [4.69, 9.17) is 0 Å². The van der Waals surface area contributed by atoms with E-state index in [1.54, 1.807) is 0 Å². The predicted octanol–water partition coefficient (Wildman–Crippen LogP) is 0.681. The van der Waals surface area contributed by atoms with Crippen LogP contribution in [0, 0.1) is 0 Å². The number of fused-ring (bicyclic) bond motifs is 1. The SMILES string of the molecule is CC(C)NCCC(=O)N1CCN2CCCC2C1. The van der Waals surface area contributed by atoms with Crippen LogP contribution in [0.2, 0.25) is 0 Å². The number of nitrogens with one attached hydrogen (secondary N) is 1. The lowest BCUT2D eigenvalue weighted by Crippen LogP contribution is -2.52. The van der Waals surface area contributed by atoms with Gasteiger partial charge in [-0.05, 0) is 19.4 Å². The van der Waals surface area contributed by atoms with Crippen molar-refractivity contribution >= 4 is 5.91 Å². The summed E-state index contributed by atoms with van der Waals surface area (Å²) < 4.78 is 0. The summed E-state index contributed by atoms with van der Waals surface area (Å²) >= 11 is 0. The molecule has 1 unspecified atom stereocenters. The topological polar surface area (TPSA) is 35.6 Å². The Bertz CT molecular complexity index is 267. The summed E-state index contributed by atoms with van der Waals surface area (Å²) in [6, 6.07) is 1.11. The predicted molar refractivity (Wildman–Crippen MR) is 68.9 cm³/mol. The standard InChI is InChI=1S/C13H25N3O/c1-11(2)14-6-5-13(17)16-9-8-15-7-3-4-12(15)10-16/h11-12,14H,3-10H2,1-2H3. The van der Waals surface area contributed by atoms with Crippen LogP contribution in [0.5, 0.6) is 0 Å². The van der Waals surface area contributed by atoms with Gasteiger partial charge in [-0.25, -0.2) is 0 Å². The molecule has 1 N–H and O–H groups in total. The van der Waals surface area contributed by atoms with E-state index < -0.39 is 0 Å². The number of amides is 1. The number of carbonyl (C=O) groups excluding carboxylic acids is 1. The van der Waals surface area contributed by atoms with Crippen LogP contribution in [0.4, 0.5) is 0 Å². The fourth-order valence-electron chi connectivity index (χ4n) is 2.84. The van der Waals surface area contributed by atoms with Crippen molar-refractivity contribution in [1.82, 2.24) is 15.1 Å². The lowest BCUT2D eigenvalue weighted by atomic mass is 10.1. The Labute approximate surface area is 104 Å². The third-order valence-electron chi connectivity index (χ3n) is 3.83. The molecule has 2 rings (SSSR count). The van der Waals surface area contributed by atoms with E-state index in [2.05, 4.69) is 29.0 Å². The van der Waals surface area contributed by atoms with Crippen molar-refractivity contribution in [2.45, 2.75) is 45.2 Å². The second-order valence-corrected chi connectivity index (χ2v) is 5.53. The van der Waals surface area contributed by atoms with Gasteiger partial charge in [-0.15, -0.1) is 0 Å². The molecule has 0 aromatic carbocycles. The second kappa shape index (κ2) is 5.83. The van der Waals surface area contributed by atoms with Crippen molar-refractivity contribution in [3.05, 3.63) is 0 Å². The summed E-state index contributed by atoms with van der Waals surface area (Å²) in [6.45, 7) is 9.23. The Balaban J connectivity index is 1.72. The van der Waals surface area contributed by atoms with Crippen LogP contribution >= 0.6 is 0 Å². The van der Waals surface area contributed by atoms with Crippen molar-refractivity contribution in [2.75, 3.05) is 32.7 Å². The highest BCUT2D eigenvalue weighted by Gasteiger charge is 2.31. The minimum Gasteiger partial charge on any atom is -0.340 e. The molecule has 0 spiro atoms. The molecule has 1 atom stereocenters. The van der Waals surface area contributed by atoms with E-state index in [0.29, 0.717) is 24.4 Å². The van der Waals surface area contributed by atoms with E-state index in [9.17, 15) is 4.79 Å². The number of carbonyl (C=O) groups is 1. The minimum absolute atomic E-state index is 0.324. The third kappa shape index (κ3) is 3.42. The summed E-state index contributed by atoms with van der Waals surface area (Å²) in [7, 11) is 0. The monoisotopic (exact) mass is 239 g/mol. The molecule has 4 nitrogen and oxygen atoms in total. The normalized spacial score (nSPS) is 25.4. The molecule has 0 aromatic heterocycles. The summed E-state index contributed by atoms with van der Waals surface area (Å²) in [6.07, 6.45) is 3.22. The Morgan fingerprint density at radius 2 is 2.18 bits per heavy atom. The maximum absolute atomic E-state index is 12.0. The molecule has 2 aliphatic rings. The van der Waals surface area contributed by atoms with Crippen molar-refractivity contribution in [3.63, 3.8) is 0 Å². The number of hydrogen-bond donors (Lipinski definition) is 1. The molecule has 2 saturated heterocycles. The van der Waals surface area contributed by atoms with Gasteiger partial charge in [0, 0.05) is 44.7 Å². The van der Waals surface area contributed by atoms with E-state index in [1.165, 1.54) is 19.4 Å². The van der Waals surface area contributed by atoms with Gasteiger partial charge in [-0.3, -0.25) is 9.69 Å². The maximum Gasteiger partial charge on any atom is 0.223 e. The van der Waals surface area contributed by atoms with Gasteiger partial charge in [0.15, 0.2) is 0 Å². The molecule has 0 aromatic rings. The Morgan fingerprint density at radius 3 is 2.94 bits per heavy atom. The third-order valence-corrected chi connectivity index (χ3v) is 3.83. The molecule has 0 saturated carbocycles. The molecule has 4 heteroatoms. The van der Waals surface area contributed by atoms with Crippen molar-refractivity contribution < 1.29 is 4.79 Å². The van der Waals surface area contributed by atoms with E-state index >= 15 is 0 Å². The highest BCUT2D eigenvalue weighted by molar-refractivity contribution is 5.76. The van der Waals surface area contributed by atoms with Crippen LogP contribution in [0.25, 0.3) is 0 Å². The summed E-state index contributed by atoms with van der Waals surface area (Å²) in [5, 5.41) is 3.30. The minimum atomic E-state index is 0.324. The average Bonchev–Trinajstić information content (AvgIpc) is 2.75. The molecule has 0 aliphatic carbocycles. The summed E-state index contributed by atoms with van der Waals surface area (Å²) in [5.41, 5.74) is 0. The largest absolute Gasteiger partial charge is 0.340 e. The lowest BCUT2D eigenvalue weighted by molar-refractivity contribution is -0.133. The first-order valence-corrected chi connectivity index (χ1v) is 6.92. The van der Waals surface area contributed by atoms with Crippen molar-refractivity contribution in [3.8, 4) is 0 Å². The first-order valence-electron chi connectivity index (χ1n) is 6.92. The molecule has 2 aliphatic heterocycles. The highest BCUT2D eigenvalue weighted by atomic mass is 16.2. The van der Waals surface area contributed by atoms with Gasteiger partial charge < -0.3 is 10.2 Å². The zero-order chi connectivity index (χ0) is 12.3. The molecule has 1 amide bonds. The van der Waals surface area contributed by atoms with Crippen LogP contribution in [0.15, 0.2) is 0 Å². The van der Waals surface area contributed by atoms with Gasteiger partial charge in [0.25, 0.3) is 0 Å². The molecular formula is C13H25N3O. The highest BCUT2D eigenvalue weighted by Crippen LogP contribution is 2.21. The van der Waals surface area contributed by atoms with E-state index in [-0.39, 0.29) is 0 Å². The smallest absolute Gasteiger partial charge is 0.223 e. The number of rotatable bonds is 4. The molecule has 0 bridgehead atoms. The fraction of sp³-hybridized carbons (Fsp3) is 0.923. The van der Waals surface area contributed by atoms with Gasteiger partial charge in [-0.2, -0.15) is 0 Å². The fourth-order valence-corrected chi connectivity index (χ4v) is 2.84. The molecule has 2 heterocycles. The maximum atomic E-state index is 12.0. The Kier molecular flexibility index (Phi) is 4.40. The van der Waals surface area contributed by atoms with Gasteiger partial charge in [0.1, 0.15) is 0 Å². The zero-order valence-corrected chi connectivity index (χ0v) is 11.1. The van der Waals surface area contributed by atoms with E-state index in [0.717, 1.165) is 26.2 Å². The lowest BCUT2D eigenvalue weighted by Gasteiger charge is -2.37. The first kappa shape index (κ1) is 12.8. The van der Waals surface area contributed by atoms with Crippen LogP contribution in [-0.4, -0.2) is 60.5 Å².